The average molecular weight is 229 g/mol. The maximum atomic E-state index is 13.0. The summed E-state index contributed by atoms with van der Waals surface area (Å²) in [6, 6.07) is 8.81. The molecular weight excluding hydrogens is 215 g/mol. The van der Waals surface area contributed by atoms with Crippen molar-refractivity contribution in [2.24, 2.45) is 0 Å². The third-order valence-electron chi connectivity index (χ3n) is 3.32. The Morgan fingerprint density at radius 3 is 2.38 bits per heavy atom. The second-order valence-corrected chi connectivity index (χ2v) is 4.36. The van der Waals surface area contributed by atoms with Crippen LogP contribution in [0.1, 0.15) is 19.8 Å². The quantitative estimate of drug-likeness (QED) is 0.711. The molecule has 0 saturated carbocycles. The van der Waals surface area contributed by atoms with Gasteiger partial charge in [-0.25, -0.2) is 0 Å². The van der Waals surface area contributed by atoms with Crippen LogP contribution >= 0.6 is 0 Å². The lowest BCUT2D eigenvalue weighted by molar-refractivity contribution is -0.178. The molecule has 0 radical (unpaired) electrons. The van der Waals surface area contributed by atoms with Crippen LogP contribution in [0.25, 0.3) is 0 Å². The number of hydrogen-bond acceptors (Lipinski definition) is 1. The lowest BCUT2D eigenvalue weighted by Gasteiger charge is -2.38. The standard InChI is InChI=1S/C12H14F3N/c1-11(12(13,14)15)8-5-9-16(11)10-6-3-2-4-7-10/h2-4,6-7H,5,8-9H2,1H3. The molecule has 0 aromatic heterocycles. The Kier molecular flexibility index (Phi) is 2.60. The van der Waals surface area contributed by atoms with E-state index in [4.69, 9.17) is 0 Å². The van der Waals surface area contributed by atoms with E-state index in [-0.39, 0.29) is 6.42 Å². The SMILES string of the molecule is CC1(C(F)(F)F)CCCN1c1ccccc1. The van der Waals surface area contributed by atoms with Crippen molar-refractivity contribution >= 4 is 5.69 Å². The lowest BCUT2D eigenvalue weighted by Crippen LogP contribution is -2.53. The molecule has 1 aromatic rings. The largest absolute Gasteiger partial charge is 0.411 e. The third kappa shape index (κ3) is 1.66. The van der Waals surface area contributed by atoms with Gasteiger partial charge in [0.05, 0.1) is 0 Å². The van der Waals surface area contributed by atoms with Gasteiger partial charge in [0.1, 0.15) is 5.54 Å². The van der Waals surface area contributed by atoms with Crippen LogP contribution < -0.4 is 4.90 Å². The number of halogens is 3. The summed E-state index contributed by atoms with van der Waals surface area (Å²) in [5.41, 5.74) is -1.06. The Bertz CT molecular complexity index is 360. The van der Waals surface area contributed by atoms with Gasteiger partial charge in [-0.2, -0.15) is 13.2 Å². The predicted molar refractivity (Wildman–Crippen MR) is 57.5 cm³/mol. The van der Waals surface area contributed by atoms with Crippen LogP contribution in [0, 0.1) is 0 Å². The molecule has 1 fully saturated rings. The highest BCUT2D eigenvalue weighted by Gasteiger charge is 2.56. The Balaban J connectivity index is 2.35. The van der Waals surface area contributed by atoms with Crippen LogP contribution in [-0.4, -0.2) is 18.3 Å². The lowest BCUT2D eigenvalue weighted by atomic mass is 9.97. The van der Waals surface area contributed by atoms with Crippen molar-refractivity contribution in [2.45, 2.75) is 31.5 Å². The summed E-state index contributed by atoms with van der Waals surface area (Å²) in [5, 5.41) is 0. The Morgan fingerprint density at radius 2 is 1.81 bits per heavy atom. The summed E-state index contributed by atoms with van der Waals surface area (Å²) >= 11 is 0. The summed E-state index contributed by atoms with van der Waals surface area (Å²) in [6.45, 7) is 1.76. The Labute approximate surface area is 92.9 Å². The van der Waals surface area contributed by atoms with Crippen LogP contribution in [0.15, 0.2) is 30.3 Å². The number of alkyl halides is 3. The molecule has 1 heterocycles. The summed E-state index contributed by atoms with van der Waals surface area (Å²) in [6.07, 6.45) is -3.42. The van der Waals surface area contributed by atoms with Crippen molar-refractivity contribution in [3.63, 3.8) is 0 Å². The molecule has 1 nitrogen and oxygen atoms in total. The Hall–Kier alpha value is -1.19. The van der Waals surface area contributed by atoms with E-state index in [9.17, 15) is 13.2 Å². The third-order valence-corrected chi connectivity index (χ3v) is 3.32. The van der Waals surface area contributed by atoms with Gasteiger partial charge in [-0.05, 0) is 31.9 Å². The molecule has 0 bridgehead atoms. The second kappa shape index (κ2) is 3.68. The van der Waals surface area contributed by atoms with E-state index in [1.54, 1.807) is 24.3 Å². The summed E-state index contributed by atoms with van der Waals surface area (Å²) < 4.78 is 39.1. The first-order chi connectivity index (χ1) is 7.45. The first-order valence-corrected chi connectivity index (χ1v) is 5.34. The van der Waals surface area contributed by atoms with Crippen LogP contribution in [-0.2, 0) is 0 Å². The van der Waals surface area contributed by atoms with Crippen molar-refractivity contribution in [2.75, 3.05) is 11.4 Å². The molecule has 0 N–H and O–H groups in total. The number of rotatable bonds is 1. The number of hydrogen-bond donors (Lipinski definition) is 0. The van der Waals surface area contributed by atoms with Crippen molar-refractivity contribution in [1.82, 2.24) is 0 Å². The van der Waals surface area contributed by atoms with Gasteiger partial charge in [-0.1, -0.05) is 18.2 Å². The zero-order valence-corrected chi connectivity index (χ0v) is 9.09. The minimum Gasteiger partial charge on any atom is -0.358 e. The molecule has 0 amide bonds. The highest BCUT2D eigenvalue weighted by molar-refractivity contribution is 5.50. The van der Waals surface area contributed by atoms with Gasteiger partial charge >= 0.3 is 6.18 Å². The topological polar surface area (TPSA) is 3.24 Å². The normalized spacial score (nSPS) is 26.1. The van der Waals surface area contributed by atoms with Gasteiger partial charge in [0.25, 0.3) is 0 Å². The molecule has 0 aliphatic carbocycles. The van der Waals surface area contributed by atoms with Crippen molar-refractivity contribution < 1.29 is 13.2 Å². The molecule has 1 aliphatic heterocycles. The maximum absolute atomic E-state index is 13.0. The minimum atomic E-state index is -4.18. The molecule has 1 atom stereocenters. The van der Waals surface area contributed by atoms with Gasteiger partial charge in [0.2, 0.25) is 0 Å². The molecule has 1 aromatic carbocycles. The van der Waals surface area contributed by atoms with Crippen LogP contribution in [0.2, 0.25) is 0 Å². The highest BCUT2D eigenvalue weighted by atomic mass is 19.4. The molecule has 4 heteroatoms. The molecular formula is C12H14F3N. The van der Waals surface area contributed by atoms with Crippen molar-refractivity contribution in [1.29, 1.82) is 0 Å². The first-order valence-electron chi connectivity index (χ1n) is 5.34. The molecule has 88 valence electrons. The van der Waals surface area contributed by atoms with Crippen molar-refractivity contribution in [3.8, 4) is 0 Å². The highest BCUT2D eigenvalue weighted by Crippen LogP contribution is 2.44. The zero-order valence-electron chi connectivity index (χ0n) is 9.09. The van der Waals surface area contributed by atoms with Gasteiger partial charge in [0, 0.05) is 12.2 Å². The number of para-hydroxylation sites is 1. The van der Waals surface area contributed by atoms with Crippen molar-refractivity contribution in [3.05, 3.63) is 30.3 Å². The molecule has 1 unspecified atom stereocenters. The average Bonchev–Trinajstić information content (AvgIpc) is 2.62. The fourth-order valence-electron chi connectivity index (χ4n) is 2.28. The van der Waals surface area contributed by atoms with E-state index >= 15 is 0 Å². The zero-order chi connectivity index (χ0) is 11.8. The number of nitrogens with zero attached hydrogens (tertiary/aromatic N) is 1. The van der Waals surface area contributed by atoms with Gasteiger partial charge in [-0.15, -0.1) is 0 Å². The fourth-order valence-corrected chi connectivity index (χ4v) is 2.28. The van der Waals surface area contributed by atoms with Gasteiger partial charge in [0.15, 0.2) is 0 Å². The summed E-state index contributed by atoms with van der Waals surface area (Å²) in [7, 11) is 0. The molecule has 2 rings (SSSR count). The Morgan fingerprint density at radius 1 is 1.19 bits per heavy atom. The van der Waals surface area contributed by atoms with Crippen LogP contribution in [0.5, 0.6) is 0 Å². The number of benzene rings is 1. The van der Waals surface area contributed by atoms with Gasteiger partial charge in [-0.3, -0.25) is 0 Å². The predicted octanol–water partition coefficient (Wildman–Crippen LogP) is 3.61. The molecule has 16 heavy (non-hydrogen) atoms. The maximum Gasteiger partial charge on any atom is 0.411 e. The molecule has 1 aliphatic rings. The van der Waals surface area contributed by atoms with Crippen LogP contribution in [0.4, 0.5) is 18.9 Å². The second-order valence-electron chi connectivity index (χ2n) is 4.36. The summed E-state index contributed by atoms with van der Waals surface area (Å²) in [4.78, 5) is 1.47. The van der Waals surface area contributed by atoms with Gasteiger partial charge < -0.3 is 4.90 Å². The van der Waals surface area contributed by atoms with E-state index in [1.165, 1.54) is 11.8 Å². The minimum absolute atomic E-state index is 0.172. The van der Waals surface area contributed by atoms with E-state index < -0.39 is 11.7 Å². The van der Waals surface area contributed by atoms with E-state index in [1.807, 2.05) is 6.07 Å². The monoisotopic (exact) mass is 229 g/mol. The number of anilines is 1. The fraction of sp³-hybridized carbons (Fsp3) is 0.500. The first kappa shape index (κ1) is 11.3. The summed E-state index contributed by atoms with van der Waals surface area (Å²) in [5.74, 6) is 0. The smallest absolute Gasteiger partial charge is 0.358 e. The molecule has 1 saturated heterocycles. The molecule has 0 spiro atoms. The van der Waals surface area contributed by atoms with Crippen LogP contribution in [0.3, 0.4) is 0 Å². The van der Waals surface area contributed by atoms with E-state index in [0.29, 0.717) is 18.7 Å². The van der Waals surface area contributed by atoms with E-state index in [0.717, 1.165) is 0 Å². The van der Waals surface area contributed by atoms with E-state index in [2.05, 4.69) is 0 Å².